The highest BCUT2D eigenvalue weighted by Gasteiger charge is 2.05. The Morgan fingerprint density at radius 2 is 2.06 bits per heavy atom. The molecule has 1 unspecified atom stereocenters. The van der Waals surface area contributed by atoms with E-state index in [1.54, 1.807) is 0 Å². The van der Waals surface area contributed by atoms with E-state index in [1.165, 1.54) is 31.2 Å². The zero-order valence-corrected chi connectivity index (χ0v) is 10.4. The van der Waals surface area contributed by atoms with Crippen LogP contribution in [0.15, 0.2) is 24.3 Å². The molecule has 1 rings (SSSR count). The number of hydrogen-bond donors (Lipinski definition) is 0. The van der Waals surface area contributed by atoms with Crippen LogP contribution < -0.4 is 0 Å². The van der Waals surface area contributed by atoms with E-state index in [4.69, 9.17) is 0 Å². The van der Waals surface area contributed by atoms with E-state index >= 15 is 0 Å². The van der Waals surface area contributed by atoms with Gasteiger partial charge in [-0.05, 0) is 30.4 Å². The van der Waals surface area contributed by atoms with Gasteiger partial charge in [0.15, 0.2) is 0 Å². The third kappa shape index (κ3) is 4.18. The lowest BCUT2D eigenvalue weighted by molar-refractivity contribution is 0.112. The van der Waals surface area contributed by atoms with E-state index in [9.17, 15) is 4.79 Å². The van der Waals surface area contributed by atoms with Gasteiger partial charge >= 0.3 is 0 Å². The van der Waals surface area contributed by atoms with E-state index in [-0.39, 0.29) is 0 Å². The summed E-state index contributed by atoms with van der Waals surface area (Å²) >= 11 is 0. The molecule has 0 aliphatic carbocycles. The molecule has 0 bridgehead atoms. The van der Waals surface area contributed by atoms with Crippen molar-refractivity contribution in [2.75, 3.05) is 0 Å². The number of rotatable bonds is 7. The van der Waals surface area contributed by atoms with Crippen molar-refractivity contribution < 1.29 is 4.79 Å². The summed E-state index contributed by atoms with van der Waals surface area (Å²) in [7, 11) is 0. The topological polar surface area (TPSA) is 17.1 Å². The molecule has 0 N–H and O–H groups in total. The molecule has 0 saturated heterocycles. The van der Waals surface area contributed by atoms with Crippen molar-refractivity contribution in [1.29, 1.82) is 0 Å². The summed E-state index contributed by atoms with van der Waals surface area (Å²) in [5, 5.41) is 0. The fraction of sp³-hybridized carbons (Fsp3) is 0.533. The first-order chi connectivity index (χ1) is 7.80. The van der Waals surface area contributed by atoms with Crippen molar-refractivity contribution in [2.45, 2.75) is 46.0 Å². The summed E-state index contributed by atoms with van der Waals surface area (Å²) in [5.41, 5.74) is 2.08. The van der Waals surface area contributed by atoms with Crippen LogP contribution in [0.5, 0.6) is 0 Å². The fourth-order valence-corrected chi connectivity index (χ4v) is 2.15. The van der Waals surface area contributed by atoms with Crippen LogP contribution >= 0.6 is 0 Å². The molecule has 1 heteroatoms. The number of hydrogen-bond acceptors (Lipinski definition) is 1. The molecule has 0 amide bonds. The number of aldehydes is 1. The molecule has 0 aliphatic rings. The van der Waals surface area contributed by atoms with Crippen molar-refractivity contribution in [3.8, 4) is 0 Å². The van der Waals surface area contributed by atoms with Crippen molar-refractivity contribution >= 4 is 6.29 Å². The molecular weight excluding hydrogens is 196 g/mol. The molecule has 0 heterocycles. The van der Waals surface area contributed by atoms with Gasteiger partial charge in [0.05, 0.1) is 0 Å². The van der Waals surface area contributed by atoms with E-state index < -0.39 is 0 Å². The van der Waals surface area contributed by atoms with E-state index in [0.717, 1.165) is 24.2 Å². The van der Waals surface area contributed by atoms with Gasteiger partial charge in [0.2, 0.25) is 0 Å². The second-order valence-electron chi connectivity index (χ2n) is 4.46. The first-order valence-electron chi connectivity index (χ1n) is 6.34. The normalized spacial score (nSPS) is 12.4. The first-order valence-corrected chi connectivity index (χ1v) is 6.34. The van der Waals surface area contributed by atoms with Crippen LogP contribution in [0.3, 0.4) is 0 Å². The maximum Gasteiger partial charge on any atom is 0.150 e. The first kappa shape index (κ1) is 13.0. The van der Waals surface area contributed by atoms with Gasteiger partial charge in [-0.2, -0.15) is 0 Å². The van der Waals surface area contributed by atoms with Gasteiger partial charge in [0.25, 0.3) is 0 Å². The molecule has 1 aromatic carbocycles. The quantitative estimate of drug-likeness (QED) is 0.625. The predicted molar refractivity (Wildman–Crippen MR) is 68.8 cm³/mol. The Morgan fingerprint density at radius 3 is 2.69 bits per heavy atom. The average molecular weight is 218 g/mol. The Morgan fingerprint density at radius 1 is 1.25 bits per heavy atom. The maximum absolute atomic E-state index is 10.7. The minimum Gasteiger partial charge on any atom is -0.298 e. The third-order valence-electron chi connectivity index (χ3n) is 3.20. The number of carbonyl (C=O) groups is 1. The van der Waals surface area contributed by atoms with Crippen LogP contribution in [0.2, 0.25) is 0 Å². The van der Waals surface area contributed by atoms with Crippen LogP contribution in [0.4, 0.5) is 0 Å². The van der Waals surface area contributed by atoms with E-state index in [1.807, 2.05) is 18.2 Å². The van der Waals surface area contributed by atoms with Gasteiger partial charge in [-0.1, -0.05) is 51.3 Å². The molecule has 16 heavy (non-hydrogen) atoms. The van der Waals surface area contributed by atoms with Crippen molar-refractivity contribution in [2.24, 2.45) is 5.92 Å². The third-order valence-corrected chi connectivity index (χ3v) is 3.20. The largest absolute Gasteiger partial charge is 0.298 e. The molecule has 88 valence electrons. The van der Waals surface area contributed by atoms with Crippen molar-refractivity contribution in [3.05, 3.63) is 35.4 Å². The van der Waals surface area contributed by atoms with Crippen LogP contribution in [-0.4, -0.2) is 6.29 Å². The highest BCUT2D eigenvalue weighted by molar-refractivity contribution is 5.74. The van der Waals surface area contributed by atoms with Crippen LogP contribution in [0.25, 0.3) is 0 Å². The highest BCUT2D eigenvalue weighted by atomic mass is 16.1. The second kappa shape index (κ2) is 7.21. The summed E-state index contributed by atoms with van der Waals surface area (Å²) in [6.07, 6.45) is 7.12. The Kier molecular flexibility index (Phi) is 5.84. The molecule has 1 nitrogen and oxygen atoms in total. The predicted octanol–water partition coefficient (Wildman–Crippen LogP) is 4.26. The zero-order chi connectivity index (χ0) is 11.8. The molecule has 0 fully saturated rings. The van der Waals surface area contributed by atoms with Gasteiger partial charge in [-0.25, -0.2) is 0 Å². The maximum atomic E-state index is 10.7. The molecule has 0 spiro atoms. The highest BCUT2D eigenvalue weighted by Crippen LogP contribution is 2.18. The van der Waals surface area contributed by atoms with Gasteiger partial charge in [-0.3, -0.25) is 4.79 Å². The van der Waals surface area contributed by atoms with Gasteiger partial charge in [0, 0.05) is 5.56 Å². The lowest BCUT2D eigenvalue weighted by Crippen LogP contribution is -2.00. The molecular formula is C15H22O. The summed E-state index contributed by atoms with van der Waals surface area (Å²) < 4.78 is 0. The molecule has 0 aromatic heterocycles. The molecule has 0 radical (unpaired) electrons. The molecule has 0 saturated carbocycles. The molecule has 1 aromatic rings. The van der Waals surface area contributed by atoms with Crippen molar-refractivity contribution in [3.63, 3.8) is 0 Å². The van der Waals surface area contributed by atoms with Crippen LogP contribution in [0, 0.1) is 5.92 Å². The van der Waals surface area contributed by atoms with Crippen LogP contribution in [-0.2, 0) is 6.42 Å². The molecule has 1 atom stereocenters. The van der Waals surface area contributed by atoms with E-state index in [0.29, 0.717) is 0 Å². The minimum absolute atomic E-state index is 0.793. The SMILES string of the molecule is CCCC(CC)CCc1cccc(C=O)c1. The Balaban J connectivity index is 2.49. The summed E-state index contributed by atoms with van der Waals surface area (Å²) in [4.78, 5) is 10.7. The smallest absolute Gasteiger partial charge is 0.150 e. The fourth-order valence-electron chi connectivity index (χ4n) is 2.15. The Hall–Kier alpha value is -1.11. The lowest BCUT2D eigenvalue weighted by atomic mass is 9.93. The zero-order valence-electron chi connectivity index (χ0n) is 10.4. The standard InChI is InChI=1S/C15H22O/c1-3-6-13(4-2)9-10-14-7-5-8-15(11-14)12-16/h5,7-8,11-13H,3-4,6,9-10H2,1-2H3. The summed E-state index contributed by atoms with van der Waals surface area (Å²) in [6.45, 7) is 4.51. The Labute approximate surface area is 98.9 Å². The minimum atomic E-state index is 0.793. The van der Waals surface area contributed by atoms with Gasteiger partial charge in [-0.15, -0.1) is 0 Å². The summed E-state index contributed by atoms with van der Waals surface area (Å²) in [6, 6.07) is 7.96. The van der Waals surface area contributed by atoms with Gasteiger partial charge in [0.1, 0.15) is 6.29 Å². The number of aryl methyl sites for hydroxylation is 1. The Bertz CT molecular complexity index is 317. The van der Waals surface area contributed by atoms with Gasteiger partial charge < -0.3 is 0 Å². The molecule has 0 aliphatic heterocycles. The average Bonchev–Trinajstić information content (AvgIpc) is 2.34. The van der Waals surface area contributed by atoms with Crippen molar-refractivity contribution in [1.82, 2.24) is 0 Å². The van der Waals surface area contributed by atoms with E-state index in [2.05, 4.69) is 19.9 Å². The number of benzene rings is 1. The monoisotopic (exact) mass is 218 g/mol. The van der Waals surface area contributed by atoms with Crippen LogP contribution in [0.1, 0.15) is 55.5 Å². The lowest BCUT2D eigenvalue weighted by Gasteiger charge is -2.13. The summed E-state index contributed by atoms with van der Waals surface area (Å²) in [5.74, 6) is 0.838. The number of carbonyl (C=O) groups excluding carboxylic acids is 1. The second-order valence-corrected chi connectivity index (χ2v) is 4.46.